The molecule has 0 aliphatic heterocycles. The normalized spacial score (nSPS) is 19.3. The van der Waals surface area contributed by atoms with Gasteiger partial charge in [-0.3, -0.25) is 4.40 Å². The Morgan fingerprint density at radius 1 is 1.08 bits per heavy atom. The van der Waals surface area contributed by atoms with Gasteiger partial charge in [0.05, 0.1) is 11.0 Å². The standard InChI is InChI=1S/C22H26N2/c1-8-15-13(2)9-14(3)24-19-11-17-16(10-18(19)23-20(15)24)21(4,5)12-22(17,6)7/h8-11H,2,12H2,1,3-7H3/b15-8+. The lowest BCUT2D eigenvalue weighted by atomic mass is 9.82. The molecular formula is C22H26N2. The molecule has 4 rings (SSSR count). The van der Waals surface area contributed by atoms with E-state index in [-0.39, 0.29) is 10.8 Å². The van der Waals surface area contributed by atoms with Crippen LogP contribution in [0.3, 0.4) is 0 Å². The first-order valence-corrected chi connectivity index (χ1v) is 8.78. The summed E-state index contributed by atoms with van der Waals surface area (Å²) in [6.07, 6.45) is 3.30. The van der Waals surface area contributed by atoms with Gasteiger partial charge in [0.1, 0.15) is 5.65 Å². The van der Waals surface area contributed by atoms with Crippen molar-refractivity contribution in [2.24, 2.45) is 0 Å². The van der Waals surface area contributed by atoms with Gasteiger partial charge < -0.3 is 0 Å². The van der Waals surface area contributed by atoms with E-state index in [1.54, 1.807) is 0 Å². The summed E-state index contributed by atoms with van der Waals surface area (Å²) in [5, 5.41) is 2.18. The lowest BCUT2D eigenvalue weighted by Gasteiger charge is -2.22. The van der Waals surface area contributed by atoms with Gasteiger partial charge in [0.15, 0.2) is 0 Å². The summed E-state index contributed by atoms with van der Waals surface area (Å²) in [6, 6.07) is 6.87. The van der Waals surface area contributed by atoms with E-state index in [1.165, 1.54) is 28.8 Å². The molecule has 24 heavy (non-hydrogen) atoms. The molecule has 2 nitrogen and oxygen atoms in total. The highest BCUT2D eigenvalue weighted by molar-refractivity contribution is 5.84. The van der Waals surface area contributed by atoms with Crippen LogP contribution in [0.25, 0.3) is 29.3 Å². The number of rotatable bonds is 0. The molecule has 0 spiro atoms. The van der Waals surface area contributed by atoms with Crippen molar-refractivity contribution in [2.75, 3.05) is 0 Å². The van der Waals surface area contributed by atoms with Crippen LogP contribution in [0.4, 0.5) is 0 Å². The van der Waals surface area contributed by atoms with Crippen molar-refractivity contribution in [3.05, 3.63) is 45.5 Å². The molecule has 0 saturated carbocycles. The van der Waals surface area contributed by atoms with Crippen LogP contribution in [-0.2, 0) is 10.8 Å². The minimum Gasteiger partial charge on any atom is -0.296 e. The van der Waals surface area contributed by atoms with Crippen molar-refractivity contribution in [1.82, 2.24) is 9.38 Å². The second kappa shape index (κ2) is 4.50. The second-order valence-electron chi connectivity index (χ2n) is 8.62. The molecule has 2 heteroatoms. The van der Waals surface area contributed by atoms with Crippen LogP contribution < -0.4 is 10.4 Å². The second-order valence-corrected chi connectivity index (χ2v) is 8.62. The molecule has 2 heterocycles. The van der Waals surface area contributed by atoms with Crippen molar-refractivity contribution < 1.29 is 0 Å². The van der Waals surface area contributed by atoms with Crippen molar-refractivity contribution in [3.8, 4) is 0 Å². The quantitative estimate of drug-likeness (QED) is 0.613. The minimum atomic E-state index is 0.203. The number of hydrogen-bond acceptors (Lipinski definition) is 1. The molecular weight excluding hydrogens is 292 g/mol. The van der Waals surface area contributed by atoms with Crippen LogP contribution in [0.1, 0.15) is 57.9 Å². The zero-order chi connectivity index (χ0) is 17.4. The number of nitrogens with zero attached hydrogens (tertiary/aromatic N) is 2. The SMILES string of the molecule is C=c1cc(C)n2c(nc3cc4c(cc32)C(C)(C)CC4(C)C)/c1=C/C. The highest BCUT2D eigenvalue weighted by atomic mass is 15.0. The molecule has 3 aromatic rings. The monoisotopic (exact) mass is 318 g/mol. The third-order valence-electron chi connectivity index (χ3n) is 5.75. The van der Waals surface area contributed by atoms with E-state index in [9.17, 15) is 0 Å². The summed E-state index contributed by atoms with van der Waals surface area (Å²) in [6.45, 7) is 17.8. The first-order valence-electron chi connectivity index (χ1n) is 8.78. The highest BCUT2D eigenvalue weighted by Gasteiger charge is 2.42. The average molecular weight is 318 g/mol. The van der Waals surface area contributed by atoms with Crippen LogP contribution in [0, 0.1) is 6.92 Å². The Labute approximate surface area is 143 Å². The van der Waals surface area contributed by atoms with Crippen molar-refractivity contribution in [3.63, 3.8) is 0 Å². The predicted molar refractivity (Wildman–Crippen MR) is 103 cm³/mol. The lowest BCUT2D eigenvalue weighted by Crippen LogP contribution is -2.26. The number of hydrogen-bond donors (Lipinski definition) is 0. The fraction of sp³-hybridized carbons (Fsp3) is 0.409. The van der Waals surface area contributed by atoms with Crippen molar-refractivity contribution in [1.29, 1.82) is 0 Å². The Kier molecular flexibility index (Phi) is 2.90. The number of fused-ring (bicyclic) bond motifs is 4. The van der Waals surface area contributed by atoms with Gasteiger partial charge in [0.25, 0.3) is 0 Å². The van der Waals surface area contributed by atoms with Crippen LogP contribution in [0.5, 0.6) is 0 Å². The fourth-order valence-electron chi connectivity index (χ4n) is 4.93. The van der Waals surface area contributed by atoms with E-state index >= 15 is 0 Å². The topological polar surface area (TPSA) is 17.3 Å². The van der Waals surface area contributed by atoms with Crippen molar-refractivity contribution >= 4 is 29.3 Å². The van der Waals surface area contributed by atoms with Gasteiger partial charge in [-0.05, 0) is 65.6 Å². The van der Waals surface area contributed by atoms with Crippen LogP contribution in [0.2, 0.25) is 0 Å². The average Bonchev–Trinajstić information content (AvgIpc) is 2.91. The summed E-state index contributed by atoms with van der Waals surface area (Å²) in [4.78, 5) is 4.99. The van der Waals surface area contributed by atoms with E-state index in [0.29, 0.717) is 0 Å². The van der Waals surface area contributed by atoms with Crippen LogP contribution in [-0.4, -0.2) is 9.38 Å². The smallest absolute Gasteiger partial charge is 0.145 e. The van der Waals surface area contributed by atoms with E-state index < -0.39 is 0 Å². The van der Waals surface area contributed by atoms with Crippen LogP contribution in [0.15, 0.2) is 18.2 Å². The molecule has 0 amide bonds. The molecule has 0 saturated heterocycles. The maximum atomic E-state index is 4.99. The van der Waals surface area contributed by atoms with E-state index in [1.807, 2.05) is 0 Å². The van der Waals surface area contributed by atoms with E-state index in [0.717, 1.165) is 21.6 Å². The molecule has 0 fully saturated rings. The Morgan fingerprint density at radius 3 is 2.33 bits per heavy atom. The Morgan fingerprint density at radius 2 is 1.71 bits per heavy atom. The summed E-state index contributed by atoms with van der Waals surface area (Å²) < 4.78 is 2.29. The zero-order valence-electron chi connectivity index (χ0n) is 15.6. The van der Waals surface area contributed by atoms with Gasteiger partial charge in [0, 0.05) is 10.9 Å². The third kappa shape index (κ3) is 1.86. The molecule has 124 valence electrons. The van der Waals surface area contributed by atoms with Crippen LogP contribution >= 0.6 is 0 Å². The summed E-state index contributed by atoms with van der Waals surface area (Å²) in [5.41, 5.74) is 7.87. The number of aromatic nitrogens is 2. The number of aryl methyl sites for hydroxylation is 1. The van der Waals surface area contributed by atoms with Gasteiger partial charge in [-0.25, -0.2) is 4.98 Å². The van der Waals surface area contributed by atoms with Gasteiger partial charge in [0.2, 0.25) is 0 Å². The summed E-state index contributed by atoms with van der Waals surface area (Å²) in [5.74, 6) is 0. The van der Waals surface area contributed by atoms with Gasteiger partial charge in [-0.1, -0.05) is 40.3 Å². The predicted octanol–water partition coefficient (Wildman–Crippen LogP) is 3.97. The van der Waals surface area contributed by atoms with Crippen molar-refractivity contribution in [2.45, 2.75) is 58.8 Å². The maximum absolute atomic E-state index is 4.99. The molecule has 1 aliphatic carbocycles. The summed E-state index contributed by atoms with van der Waals surface area (Å²) in [7, 11) is 0. The zero-order valence-corrected chi connectivity index (χ0v) is 15.6. The Hall–Kier alpha value is -2.09. The lowest BCUT2D eigenvalue weighted by molar-refractivity contribution is 0.403. The number of pyridine rings is 1. The molecule has 0 bridgehead atoms. The molecule has 0 radical (unpaired) electrons. The minimum absolute atomic E-state index is 0.203. The molecule has 2 aromatic heterocycles. The molecule has 0 unspecified atom stereocenters. The molecule has 0 atom stereocenters. The third-order valence-corrected chi connectivity index (χ3v) is 5.75. The first kappa shape index (κ1) is 15.4. The van der Waals surface area contributed by atoms with Gasteiger partial charge in [-0.15, -0.1) is 0 Å². The molecule has 0 N–H and O–H groups in total. The molecule has 1 aromatic carbocycles. The number of benzene rings is 1. The maximum Gasteiger partial charge on any atom is 0.145 e. The highest BCUT2D eigenvalue weighted by Crippen LogP contribution is 2.50. The van der Waals surface area contributed by atoms with Gasteiger partial charge >= 0.3 is 0 Å². The van der Waals surface area contributed by atoms with Gasteiger partial charge in [-0.2, -0.15) is 0 Å². The Balaban J connectivity index is 2.23. The molecule has 1 aliphatic rings. The fourth-order valence-corrected chi connectivity index (χ4v) is 4.93. The largest absolute Gasteiger partial charge is 0.296 e. The van der Waals surface area contributed by atoms with E-state index in [4.69, 9.17) is 4.98 Å². The Bertz CT molecular complexity index is 1110. The summed E-state index contributed by atoms with van der Waals surface area (Å²) >= 11 is 0. The van der Waals surface area contributed by atoms with E-state index in [2.05, 4.69) is 76.8 Å². The number of imidazole rings is 1. The first-order chi connectivity index (χ1) is 11.2.